The van der Waals surface area contributed by atoms with E-state index >= 15 is 0 Å². The average Bonchev–Trinajstić information content (AvgIpc) is 2.75. The number of hydrogen-bond donors (Lipinski definition) is 2. The minimum absolute atomic E-state index is 0.103. The number of halogens is 1. The quantitative estimate of drug-likeness (QED) is 0.842. The smallest absolute Gasteiger partial charge is 0.325 e. The van der Waals surface area contributed by atoms with E-state index in [2.05, 4.69) is 25.8 Å². The van der Waals surface area contributed by atoms with Gasteiger partial charge in [0.2, 0.25) is 0 Å². The standard InChI is InChI=1S/C11H10BrN3O4S/c12-8-1-3-10(4-2-8)20(18,19)14-9-5-13-15(6-9)7-11(16)17/h1-6,14H,7H2,(H,16,17). The molecule has 1 heterocycles. The number of rotatable bonds is 5. The van der Waals surface area contributed by atoms with E-state index in [1.165, 1.54) is 24.5 Å². The number of anilines is 1. The van der Waals surface area contributed by atoms with Crippen LogP contribution in [0.15, 0.2) is 46.0 Å². The van der Waals surface area contributed by atoms with Gasteiger partial charge in [0.05, 0.1) is 16.8 Å². The first-order valence-electron chi connectivity index (χ1n) is 5.39. The third-order valence-electron chi connectivity index (χ3n) is 2.31. The van der Waals surface area contributed by atoms with E-state index in [1.54, 1.807) is 12.1 Å². The van der Waals surface area contributed by atoms with Crippen LogP contribution in [0, 0.1) is 0 Å². The molecule has 0 aliphatic carbocycles. The lowest BCUT2D eigenvalue weighted by Crippen LogP contribution is -2.12. The van der Waals surface area contributed by atoms with Gasteiger partial charge in [-0.2, -0.15) is 5.10 Å². The topological polar surface area (TPSA) is 101 Å². The monoisotopic (exact) mass is 359 g/mol. The van der Waals surface area contributed by atoms with Crippen molar-refractivity contribution in [3.05, 3.63) is 41.1 Å². The highest BCUT2D eigenvalue weighted by molar-refractivity contribution is 9.10. The summed E-state index contributed by atoms with van der Waals surface area (Å²) < 4.78 is 28.4. The first kappa shape index (κ1) is 14.5. The van der Waals surface area contributed by atoms with E-state index in [1.807, 2.05) is 0 Å². The molecule has 2 aromatic rings. The summed E-state index contributed by atoms with van der Waals surface area (Å²) in [7, 11) is -3.72. The van der Waals surface area contributed by atoms with Crippen molar-refractivity contribution in [3.63, 3.8) is 0 Å². The molecule has 2 rings (SSSR count). The molecule has 0 aliphatic heterocycles. The predicted octanol–water partition coefficient (Wildman–Crippen LogP) is 1.53. The van der Waals surface area contributed by atoms with E-state index in [9.17, 15) is 13.2 Å². The molecule has 0 bridgehead atoms. The average molecular weight is 360 g/mol. The van der Waals surface area contributed by atoms with E-state index in [-0.39, 0.29) is 17.1 Å². The number of carboxylic acid groups (broad SMARTS) is 1. The van der Waals surface area contributed by atoms with Crippen molar-refractivity contribution in [2.75, 3.05) is 4.72 Å². The van der Waals surface area contributed by atoms with Gasteiger partial charge in [-0.1, -0.05) is 15.9 Å². The molecule has 0 saturated heterocycles. The summed E-state index contributed by atoms with van der Waals surface area (Å²) in [6.07, 6.45) is 2.56. The molecule has 0 radical (unpaired) electrons. The molecule has 1 aromatic carbocycles. The lowest BCUT2D eigenvalue weighted by Gasteiger charge is -2.05. The number of benzene rings is 1. The largest absolute Gasteiger partial charge is 0.480 e. The maximum absolute atomic E-state index is 12.1. The highest BCUT2D eigenvalue weighted by atomic mass is 79.9. The molecule has 0 aliphatic rings. The summed E-state index contributed by atoms with van der Waals surface area (Å²) in [5.41, 5.74) is 0.203. The van der Waals surface area contributed by atoms with Gasteiger partial charge in [0.1, 0.15) is 6.54 Å². The number of aliphatic carboxylic acids is 1. The Bertz CT molecular complexity index is 724. The fraction of sp³-hybridized carbons (Fsp3) is 0.0909. The van der Waals surface area contributed by atoms with Crippen molar-refractivity contribution >= 4 is 37.6 Å². The number of carbonyl (C=O) groups is 1. The second-order valence-corrected chi connectivity index (χ2v) is 6.48. The number of nitrogens with one attached hydrogen (secondary N) is 1. The molecule has 2 N–H and O–H groups in total. The number of hydrogen-bond acceptors (Lipinski definition) is 4. The number of aromatic nitrogens is 2. The minimum atomic E-state index is -3.72. The van der Waals surface area contributed by atoms with Crippen LogP contribution in [0.2, 0.25) is 0 Å². The molecule has 7 nitrogen and oxygen atoms in total. The van der Waals surface area contributed by atoms with Crippen LogP contribution >= 0.6 is 15.9 Å². The van der Waals surface area contributed by atoms with Gasteiger partial charge in [0.25, 0.3) is 10.0 Å². The second-order valence-electron chi connectivity index (χ2n) is 3.88. The Hall–Kier alpha value is -1.87. The van der Waals surface area contributed by atoms with Gasteiger partial charge >= 0.3 is 5.97 Å². The maximum Gasteiger partial charge on any atom is 0.325 e. The van der Waals surface area contributed by atoms with Crippen molar-refractivity contribution in [2.24, 2.45) is 0 Å². The first-order chi connectivity index (χ1) is 9.37. The fourth-order valence-electron chi connectivity index (χ4n) is 1.47. The summed E-state index contributed by atoms with van der Waals surface area (Å²) in [6.45, 7) is -0.333. The van der Waals surface area contributed by atoms with Crippen molar-refractivity contribution in [1.82, 2.24) is 9.78 Å². The highest BCUT2D eigenvalue weighted by Gasteiger charge is 2.15. The third kappa shape index (κ3) is 3.58. The summed E-state index contributed by atoms with van der Waals surface area (Å²) in [6, 6.07) is 6.13. The molecular formula is C11H10BrN3O4S. The molecule has 0 fully saturated rings. The first-order valence-corrected chi connectivity index (χ1v) is 7.67. The Kier molecular flexibility index (Phi) is 4.09. The van der Waals surface area contributed by atoms with E-state index in [0.29, 0.717) is 0 Å². The lowest BCUT2D eigenvalue weighted by atomic mass is 10.4. The lowest BCUT2D eigenvalue weighted by molar-refractivity contribution is -0.137. The maximum atomic E-state index is 12.1. The number of nitrogens with zero attached hydrogens (tertiary/aromatic N) is 2. The van der Waals surface area contributed by atoms with Crippen LogP contribution < -0.4 is 4.72 Å². The third-order valence-corrected chi connectivity index (χ3v) is 4.23. The van der Waals surface area contributed by atoms with Crippen LogP contribution in [0.1, 0.15) is 0 Å². The Morgan fingerprint density at radius 1 is 1.35 bits per heavy atom. The predicted molar refractivity (Wildman–Crippen MR) is 74.8 cm³/mol. The van der Waals surface area contributed by atoms with Crippen LogP contribution in [-0.4, -0.2) is 29.3 Å². The number of carboxylic acids is 1. The molecule has 0 saturated carbocycles. The highest BCUT2D eigenvalue weighted by Crippen LogP contribution is 2.18. The van der Waals surface area contributed by atoms with Gasteiger partial charge in [0.15, 0.2) is 0 Å². The van der Waals surface area contributed by atoms with E-state index in [0.717, 1.165) is 9.15 Å². The van der Waals surface area contributed by atoms with Crippen LogP contribution in [0.5, 0.6) is 0 Å². The Labute approximate surface area is 123 Å². The van der Waals surface area contributed by atoms with Crippen molar-refractivity contribution in [3.8, 4) is 0 Å². The molecule has 0 unspecified atom stereocenters. The van der Waals surface area contributed by atoms with Crippen LogP contribution in [0.3, 0.4) is 0 Å². The summed E-state index contributed by atoms with van der Waals surface area (Å²) in [5.74, 6) is -1.06. The zero-order valence-electron chi connectivity index (χ0n) is 10.0. The minimum Gasteiger partial charge on any atom is -0.480 e. The van der Waals surface area contributed by atoms with E-state index in [4.69, 9.17) is 5.11 Å². The zero-order chi connectivity index (χ0) is 14.8. The van der Waals surface area contributed by atoms with Crippen molar-refractivity contribution in [2.45, 2.75) is 11.4 Å². The summed E-state index contributed by atoms with van der Waals surface area (Å²) >= 11 is 3.22. The normalized spacial score (nSPS) is 11.2. The van der Waals surface area contributed by atoms with Gasteiger partial charge < -0.3 is 5.11 Å². The molecule has 9 heteroatoms. The molecule has 0 amide bonds. The molecule has 0 atom stereocenters. The Balaban J connectivity index is 2.18. The summed E-state index contributed by atoms with van der Waals surface area (Å²) in [5, 5.41) is 12.4. The van der Waals surface area contributed by atoms with Gasteiger partial charge in [-0.15, -0.1) is 0 Å². The van der Waals surface area contributed by atoms with Gasteiger partial charge in [-0.25, -0.2) is 8.42 Å². The molecule has 0 spiro atoms. The van der Waals surface area contributed by atoms with Crippen LogP contribution in [-0.2, 0) is 21.4 Å². The van der Waals surface area contributed by atoms with Crippen molar-refractivity contribution < 1.29 is 18.3 Å². The molecular weight excluding hydrogens is 350 g/mol. The van der Waals surface area contributed by atoms with Crippen LogP contribution in [0.4, 0.5) is 5.69 Å². The molecule has 20 heavy (non-hydrogen) atoms. The van der Waals surface area contributed by atoms with Crippen LogP contribution in [0.25, 0.3) is 0 Å². The Morgan fingerprint density at radius 3 is 2.60 bits per heavy atom. The number of sulfonamides is 1. The van der Waals surface area contributed by atoms with Gasteiger partial charge in [-0.05, 0) is 24.3 Å². The zero-order valence-corrected chi connectivity index (χ0v) is 12.4. The Morgan fingerprint density at radius 2 is 2.00 bits per heavy atom. The molecule has 1 aromatic heterocycles. The van der Waals surface area contributed by atoms with Gasteiger partial charge in [-0.3, -0.25) is 14.2 Å². The van der Waals surface area contributed by atoms with Crippen molar-refractivity contribution in [1.29, 1.82) is 0 Å². The SMILES string of the molecule is O=C(O)Cn1cc(NS(=O)(=O)c2ccc(Br)cc2)cn1. The van der Waals surface area contributed by atoms with E-state index < -0.39 is 16.0 Å². The van der Waals surface area contributed by atoms with Gasteiger partial charge in [0, 0.05) is 10.7 Å². The molecule has 106 valence electrons. The second kappa shape index (κ2) is 5.63. The summed E-state index contributed by atoms with van der Waals surface area (Å²) in [4.78, 5) is 10.6. The fourth-order valence-corrected chi connectivity index (χ4v) is 2.76.